The molecule has 0 aromatic carbocycles. The highest BCUT2D eigenvalue weighted by Gasteiger charge is 2.39. The minimum atomic E-state index is 0.159. The van der Waals surface area contributed by atoms with Crippen LogP contribution < -0.4 is 5.32 Å². The third kappa shape index (κ3) is 3.45. The van der Waals surface area contributed by atoms with Crippen molar-refractivity contribution in [3.8, 4) is 0 Å². The van der Waals surface area contributed by atoms with Crippen molar-refractivity contribution in [2.45, 2.75) is 65.2 Å². The number of hydrogen-bond acceptors (Lipinski definition) is 1. The molecule has 0 aromatic rings. The monoisotopic (exact) mass is 285 g/mol. The Hall–Kier alpha value is -0.240. The second-order valence-electron chi connectivity index (χ2n) is 7.35. The van der Waals surface area contributed by atoms with Gasteiger partial charge in [0, 0.05) is 23.8 Å². The van der Waals surface area contributed by atoms with Crippen LogP contribution in [-0.4, -0.2) is 18.3 Å². The van der Waals surface area contributed by atoms with E-state index < -0.39 is 0 Å². The number of carbonyl (C=O) groups excluding carboxylic acids is 1. The van der Waals surface area contributed by atoms with Crippen LogP contribution in [0.2, 0.25) is 0 Å². The molecule has 2 fully saturated rings. The lowest BCUT2D eigenvalue weighted by Gasteiger charge is -2.38. The standard InChI is InChI=1S/C16H28ClNO/c1-15(2)8-4-3-7-13(15)14(19)18-12-16(11-17)9-5-6-10-16/h13H,3-12H2,1-2H3,(H,18,19). The van der Waals surface area contributed by atoms with Gasteiger partial charge in [0.25, 0.3) is 0 Å². The first-order valence-electron chi connectivity index (χ1n) is 7.83. The summed E-state index contributed by atoms with van der Waals surface area (Å²) in [6.07, 6.45) is 9.55. The van der Waals surface area contributed by atoms with Gasteiger partial charge in [-0.05, 0) is 31.1 Å². The van der Waals surface area contributed by atoms with Crippen LogP contribution in [0.1, 0.15) is 65.2 Å². The first-order valence-corrected chi connectivity index (χ1v) is 8.36. The van der Waals surface area contributed by atoms with Crippen LogP contribution in [0.25, 0.3) is 0 Å². The Morgan fingerprint density at radius 2 is 1.79 bits per heavy atom. The number of nitrogens with one attached hydrogen (secondary N) is 1. The summed E-state index contributed by atoms with van der Waals surface area (Å²) < 4.78 is 0. The van der Waals surface area contributed by atoms with Crippen LogP contribution in [0.3, 0.4) is 0 Å². The lowest BCUT2D eigenvalue weighted by atomic mass is 9.68. The Morgan fingerprint density at radius 3 is 2.37 bits per heavy atom. The molecule has 0 bridgehead atoms. The number of alkyl halides is 1. The van der Waals surface area contributed by atoms with Crippen LogP contribution in [0, 0.1) is 16.7 Å². The maximum atomic E-state index is 12.5. The number of amides is 1. The summed E-state index contributed by atoms with van der Waals surface area (Å²) in [5, 5.41) is 3.22. The van der Waals surface area contributed by atoms with E-state index in [-0.39, 0.29) is 22.7 Å². The fourth-order valence-corrected chi connectivity index (χ4v) is 4.22. The molecule has 0 heterocycles. The molecule has 0 spiro atoms. The first-order chi connectivity index (χ1) is 8.99. The van der Waals surface area contributed by atoms with Crippen molar-refractivity contribution in [1.82, 2.24) is 5.32 Å². The van der Waals surface area contributed by atoms with Gasteiger partial charge in [0.15, 0.2) is 0 Å². The summed E-state index contributed by atoms with van der Waals surface area (Å²) in [5.74, 6) is 1.14. The van der Waals surface area contributed by atoms with Gasteiger partial charge in [-0.25, -0.2) is 0 Å². The SMILES string of the molecule is CC1(C)CCCCC1C(=O)NCC1(CCl)CCCC1. The highest BCUT2D eigenvalue weighted by atomic mass is 35.5. The molecule has 2 aliphatic rings. The van der Waals surface area contributed by atoms with Gasteiger partial charge in [-0.15, -0.1) is 11.6 Å². The lowest BCUT2D eigenvalue weighted by molar-refractivity contribution is -0.130. The highest BCUT2D eigenvalue weighted by Crippen LogP contribution is 2.41. The van der Waals surface area contributed by atoms with Crippen LogP contribution in [0.15, 0.2) is 0 Å². The van der Waals surface area contributed by atoms with E-state index in [0.29, 0.717) is 5.88 Å². The summed E-state index contributed by atoms with van der Waals surface area (Å²) in [5.41, 5.74) is 0.335. The van der Waals surface area contributed by atoms with E-state index in [4.69, 9.17) is 11.6 Å². The van der Waals surface area contributed by atoms with Crippen molar-refractivity contribution in [1.29, 1.82) is 0 Å². The van der Waals surface area contributed by atoms with Gasteiger partial charge < -0.3 is 5.32 Å². The van der Waals surface area contributed by atoms with Gasteiger partial charge in [0.1, 0.15) is 0 Å². The molecule has 1 amide bonds. The largest absolute Gasteiger partial charge is 0.355 e. The second kappa shape index (κ2) is 6.03. The maximum Gasteiger partial charge on any atom is 0.223 e. The van der Waals surface area contributed by atoms with E-state index in [1.807, 2.05) is 0 Å². The van der Waals surface area contributed by atoms with E-state index in [9.17, 15) is 4.79 Å². The molecule has 3 heteroatoms. The van der Waals surface area contributed by atoms with Crippen LogP contribution >= 0.6 is 11.6 Å². The van der Waals surface area contributed by atoms with Gasteiger partial charge in [-0.3, -0.25) is 4.79 Å². The summed E-state index contributed by atoms with van der Waals surface area (Å²) >= 11 is 6.14. The van der Waals surface area contributed by atoms with E-state index in [1.54, 1.807) is 0 Å². The van der Waals surface area contributed by atoms with Gasteiger partial charge in [0.2, 0.25) is 5.91 Å². The topological polar surface area (TPSA) is 29.1 Å². The zero-order valence-corrected chi connectivity index (χ0v) is 13.2. The van der Waals surface area contributed by atoms with Gasteiger partial charge in [-0.2, -0.15) is 0 Å². The zero-order valence-electron chi connectivity index (χ0n) is 12.4. The zero-order chi connectivity index (χ0) is 13.9. The van der Waals surface area contributed by atoms with E-state index in [0.717, 1.165) is 13.0 Å². The second-order valence-corrected chi connectivity index (χ2v) is 7.61. The van der Waals surface area contributed by atoms with Crippen molar-refractivity contribution in [2.24, 2.45) is 16.7 Å². The third-order valence-electron chi connectivity index (χ3n) is 5.41. The predicted octanol–water partition coefficient (Wildman–Crippen LogP) is 4.12. The molecular formula is C16H28ClNO. The number of carbonyl (C=O) groups is 1. The Bertz CT molecular complexity index is 321. The number of hydrogen-bond donors (Lipinski definition) is 1. The van der Waals surface area contributed by atoms with E-state index in [1.165, 1.54) is 44.9 Å². The fourth-order valence-electron chi connectivity index (χ4n) is 3.86. The average molecular weight is 286 g/mol. The molecule has 1 N–H and O–H groups in total. The minimum absolute atomic E-state index is 0.159. The minimum Gasteiger partial charge on any atom is -0.355 e. The van der Waals surface area contributed by atoms with Crippen molar-refractivity contribution in [2.75, 3.05) is 12.4 Å². The third-order valence-corrected chi connectivity index (χ3v) is 5.98. The average Bonchev–Trinajstić information content (AvgIpc) is 2.85. The number of rotatable bonds is 4. The normalized spacial score (nSPS) is 29.1. The molecule has 0 saturated heterocycles. The Balaban J connectivity index is 1.90. The predicted molar refractivity (Wildman–Crippen MR) is 80.4 cm³/mol. The smallest absolute Gasteiger partial charge is 0.223 e. The molecule has 1 atom stereocenters. The van der Waals surface area contributed by atoms with Crippen molar-refractivity contribution >= 4 is 17.5 Å². The van der Waals surface area contributed by atoms with Gasteiger partial charge in [0.05, 0.1) is 0 Å². The van der Waals surface area contributed by atoms with Crippen LogP contribution in [0.5, 0.6) is 0 Å². The van der Waals surface area contributed by atoms with Gasteiger partial charge in [-0.1, -0.05) is 39.5 Å². The highest BCUT2D eigenvalue weighted by molar-refractivity contribution is 6.18. The Kier molecular flexibility index (Phi) is 4.81. The van der Waals surface area contributed by atoms with Gasteiger partial charge >= 0.3 is 0 Å². The first kappa shape index (κ1) is 15.2. The summed E-state index contributed by atoms with van der Waals surface area (Å²) in [7, 11) is 0. The molecule has 2 saturated carbocycles. The van der Waals surface area contributed by atoms with E-state index >= 15 is 0 Å². The molecular weight excluding hydrogens is 258 g/mol. The van der Waals surface area contributed by atoms with Crippen LogP contribution in [0.4, 0.5) is 0 Å². The molecule has 0 radical (unpaired) electrons. The quantitative estimate of drug-likeness (QED) is 0.774. The molecule has 0 aromatic heterocycles. The molecule has 1 unspecified atom stereocenters. The maximum absolute atomic E-state index is 12.5. The molecule has 19 heavy (non-hydrogen) atoms. The molecule has 2 rings (SSSR count). The Labute approximate surface area is 122 Å². The number of halogens is 1. The Morgan fingerprint density at radius 1 is 1.16 bits per heavy atom. The molecule has 0 aliphatic heterocycles. The fraction of sp³-hybridized carbons (Fsp3) is 0.938. The van der Waals surface area contributed by atoms with Crippen molar-refractivity contribution < 1.29 is 4.79 Å². The van der Waals surface area contributed by atoms with Crippen molar-refractivity contribution in [3.05, 3.63) is 0 Å². The molecule has 2 aliphatic carbocycles. The van der Waals surface area contributed by atoms with Crippen molar-refractivity contribution in [3.63, 3.8) is 0 Å². The lowest BCUT2D eigenvalue weighted by Crippen LogP contribution is -2.45. The van der Waals surface area contributed by atoms with E-state index in [2.05, 4.69) is 19.2 Å². The summed E-state index contributed by atoms with van der Waals surface area (Å²) in [4.78, 5) is 12.5. The van der Waals surface area contributed by atoms with Crippen LogP contribution in [-0.2, 0) is 4.79 Å². The molecule has 110 valence electrons. The molecule has 2 nitrogen and oxygen atoms in total. The summed E-state index contributed by atoms with van der Waals surface area (Å²) in [6, 6.07) is 0. The summed E-state index contributed by atoms with van der Waals surface area (Å²) in [6.45, 7) is 5.26.